The second-order valence-corrected chi connectivity index (χ2v) is 2.50. The minimum Gasteiger partial charge on any atom is -0.478 e. The molecule has 0 saturated heterocycles. The summed E-state index contributed by atoms with van der Waals surface area (Å²) < 4.78 is 0. The van der Waals surface area contributed by atoms with E-state index in [1.807, 2.05) is 0 Å². The molecule has 0 unspecified atom stereocenters. The SMILES string of the molecule is O=C(O)c1ccc(C(=O)Cl)cc1. The first-order valence-electron chi connectivity index (χ1n) is 3.14. The fourth-order valence-corrected chi connectivity index (χ4v) is 0.870. The zero-order chi connectivity index (χ0) is 9.14. The monoisotopic (exact) mass is 184 g/mol. The Morgan fingerprint density at radius 2 is 1.50 bits per heavy atom. The summed E-state index contributed by atoms with van der Waals surface area (Å²) in [6.45, 7) is 0. The molecule has 0 fully saturated rings. The highest BCUT2D eigenvalue weighted by molar-refractivity contribution is 6.67. The van der Waals surface area contributed by atoms with Gasteiger partial charge in [0, 0.05) is 5.56 Å². The maximum atomic E-state index is 10.5. The van der Waals surface area contributed by atoms with Gasteiger partial charge in [-0.15, -0.1) is 0 Å². The Morgan fingerprint density at radius 3 is 1.83 bits per heavy atom. The van der Waals surface area contributed by atoms with Crippen molar-refractivity contribution in [2.45, 2.75) is 0 Å². The van der Waals surface area contributed by atoms with E-state index in [-0.39, 0.29) is 5.56 Å². The summed E-state index contributed by atoms with van der Waals surface area (Å²) in [6.07, 6.45) is 0. The Hall–Kier alpha value is -1.35. The summed E-state index contributed by atoms with van der Waals surface area (Å²) in [5, 5.41) is 7.91. The van der Waals surface area contributed by atoms with Crippen molar-refractivity contribution in [2.75, 3.05) is 0 Å². The molecular formula is C8H5ClO3. The number of carbonyl (C=O) groups excluding carboxylic acids is 1. The van der Waals surface area contributed by atoms with Crippen molar-refractivity contribution in [3.8, 4) is 0 Å². The minimum absolute atomic E-state index is 0.136. The highest BCUT2D eigenvalue weighted by Gasteiger charge is 2.04. The number of hydrogen-bond donors (Lipinski definition) is 1. The number of hydrogen-bond acceptors (Lipinski definition) is 2. The molecule has 0 amide bonds. The maximum absolute atomic E-state index is 10.5. The minimum atomic E-state index is -1.02. The topological polar surface area (TPSA) is 54.4 Å². The van der Waals surface area contributed by atoms with Crippen molar-refractivity contribution in [2.24, 2.45) is 0 Å². The number of carboxylic acids is 1. The highest BCUT2D eigenvalue weighted by Crippen LogP contribution is 2.06. The fourth-order valence-electron chi connectivity index (χ4n) is 0.744. The predicted molar refractivity (Wildman–Crippen MR) is 43.6 cm³/mol. The summed E-state index contributed by atoms with van der Waals surface area (Å²) in [7, 11) is 0. The van der Waals surface area contributed by atoms with Gasteiger partial charge in [0.25, 0.3) is 5.24 Å². The second-order valence-electron chi connectivity index (χ2n) is 2.16. The van der Waals surface area contributed by atoms with Gasteiger partial charge in [0.2, 0.25) is 0 Å². The molecule has 0 aliphatic heterocycles. The number of aromatic carboxylic acids is 1. The van der Waals surface area contributed by atoms with Crippen LogP contribution in [-0.2, 0) is 0 Å². The molecule has 1 aromatic rings. The zero-order valence-electron chi connectivity index (χ0n) is 5.95. The lowest BCUT2D eigenvalue weighted by Gasteiger charge is -1.94. The van der Waals surface area contributed by atoms with Gasteiger partial charge in [-0.1, -0.05) is 0 Å². The van der Waals surface area contributed by atoms with Crippen LogP contribution in [0.2, 0.25) is 0 Å². The molecule has 4 heteroatoms. The van der Waals surface area contributed by atoms with E-state index >= 15 is 0 Å². The molecule has 0 aliphatic rings. The lowest BCUT2D eigenvalue weighted by Crippen LogP contribution is -1.96. The molecule has 1 aromatic carbocycles. The molecule has 0 bridgehead atoms. The zero-order valence-corrected chi connectivity index (χ0v) is 6.71. The van der Waals surface area contributed by atoms with E-state index in [4.69, 9.17) is 16.7 Å². The van der Waals surface area contributed by atoms with E-state index in [1.165, 1.54) is 24.3 Å². The largest absolute Gasteiger partial charge is 0.478 e. The van der Waals surface area contributed by atoms with Gasteiger partial charge in [-0.25, -0.2) is 4.79 Å². The molecule has 0 spiro atoms. The number of carboxylic acid groups (broad SMARTS) is 1. The first kappa shape index (κ1) is 8.74. The third kappa shape index (κ3) is 1.83. The Balaban J connectivity index is 3.01. The van der Waals surface area contributed by atoms with Gasteiger partial charge in [-0.3, -0.25) is 4.79 Å². The molecule has 3 nitrogen and oxygen atoms in total. The van der Waals surface area contributed by atoms with Crippen LogP contribution >= 0.6 is 11.6 Å². The van der Waals surface area contributed by atoms with Crippen LogP contribution in [0.3, 0.4) is 0 Å². The summed E-state index contributed by atoms with van der Waals surface area (Å²) in [4.78, 5) is 20.9. The van der Waals surface area contributed by atoms with Crippen LogP contribution in [0.25, 0.3) is 0 Å². The first-order valence-corrected chi connectivity index (χ1v) is 3.52. The Labute approximate surface area is 73.6 Å². The highest BCUT2D eigenvalue weighted by atomic mass is 35.5. The molecule has 0 atom stereocenters. The van der Waals surface area contributed by atoms with Gasteiger partial charge >= 0.3 is 5.97 Å². The van der Waals surface area contributed by atoms with Gasteiger partial charge in [-0.2, -0.15) is 0 Å². The molecule has 62 valence electrons. The summed E-state index contributed by atoms with van der Waals surface area (Å²) in [5.41, 5.74) is 0.429. The van der Waals surface area contributed by atoms with Gasteiger partial charge in [0.1, 0.15) is 0 Å². The second kappa shape index (κ2) is 3.36. The molecule has 12 heavy (non-hydrogen) atoms. The van der Waals surface area contributed by atoms with E-state index in [0.717, 1.165) is 0 Å². The van der Waals surface area contributed by atoms with E-state index in [9.17, 15) is 9.59 Å². The molecule has 1 rings (SSSR count). The van der Waals surface area contributed by atoms with E-state index < -0.39 is 11.2 Å². The first-order chi connectivity index (χ1) is 5.61. The number of benzene rings is 1. The van der Waals surface area contributed by atoms with E-state index in [0.29, 0.717) is 5.56 Å². The van der Waals surface area contributed by atoms with Crippen molar-refractivity contribution in [3.05, 3.63) is 35.4 Å². The normalized spacial score (nSPS) is 9.42. The number of rotatable bonds is 2. The average molecular weight is 185 g/mol. The quantitative estimate of drug-likeness (QED) is 0.713. The van der Waals surface area contributed by atoms with Crippen LogP contribution in [0.4, 0.5) is 0 Å². The summed E-state index contributed by atoms with van der Waals surface area (Å²) in [5.74, 6) is -1.02. The van der Waals surface area contributed by atoms with E-state index in [2.05, 4.69) is 0 Å². The van der Waals surface area contributed by atoms with Gasteiger partial charge in [-0.05, 0) is 35.9 Å². The van der Waals surface area contributed by atoms with Crippen molar-refractivity contribution in [3.63, 3.8) is 0 Å². The van der Waals surface area contributed by atoms with Crippen LogP contribution in [0.5, 0.6) is 0 Å². The van der Waals surface area contributed by atoms with Gasteiger partial charge < -0.3 is 5.11 Å². The van der Waals surface area contributed by atoms with Crippen molar-refractivity contribution < 1.29 is 14.7 Å². The number of carbonyl (C=O) groups is 2. The van der Waals surface area contributed by atoms with Gasteiger partial charge in [0.15, 0.2) is 0 Å². The smallest absolute Gasteiger partial charge is 0.335 e. The lowest BCUT2D eigenvalue weighted by molar-refractivity contribution is 0.0696. The summed E-state index contributed by atoms with van der Waals surface area (Å²) in [6, 6.07) is 5.41. The Bertz CT molecular complexity index is 283. The number of halogens is 1. The van der Waals surface area contributed by atoms with Crippen LogP contribution < -0.4 is 0 Å². The Morgan fingerprint density at radius 1 is 1.08 bits per heavy atom. The predicted octanol–water partition coefficient (Wildman–Crippen LogP) is 1.76. The van der Waals surface area contributed by atoms with Gasteiger partial charge in [0.05, 0.1) is 5.56 Å². The van der Waals surface area contributed by atoms with Crippen LogP contribution in [0, 0.1) is 0 Å². The molecule has 0 aliphatic carbocycles. The molecule has 0 aromatic heterocycles. The van der Waals surface area contributed by atoms with Crippen molar-refractivity contribution >= 4 is 22.8 Å². The fraction of sp³-hybridized carbons (Fsp3) is 0. The third-order valence-corrected chi connectivity index (χ3v) is 1.58. The molecule has 0 radical (unpaired) electrons. The van der Waals surface area contributed by atoms with Crippen LogP contribution in [-0.4, -0.2) is 16.3 Å². The molecule has 0 heterocycles. The van der Waals surface area contributed by atoms with Crippen LogP contribution in [0.15, 0.2) is 24.3 Å². The molecule has 0 saturated carbocycles. The standard InChI is InChI=1S/C8H5ClO3/c9-7(10)5-1-3-6(4-2-5)8(11)12/h1-4H,(H,11,12). The third-order valence-electron chi connectivity index (χ3n) is 1.36. The van der Waals surface area contributed by atoms with Crippen molar-refractivity contribution in [1.82, 2.24) is 0 Å². The lowest BCUT2D eigenvalue weighted by atomic mass is 10.1. The van der Waals surface area contributed by atoms with Crippen molar-refractivity contribution in [1.29, 1.82) is 0 Å². The Kier molecular flexibility index (Phi) is 2.45. The molecular weight excluding hydrogens is 180 g/mol. The summed E-state index contributed by atoms with van der Waals surface area (Å²) >= 11 is 5.15. The van der Waals surface area contributed by atoms with E-state index in [1.54, 1.807) is 0 Å². The maximum Gasteiger partial charge on any atom is 0.335 e. The molecule has 1 N–H and O–H groups in total. The average Bonchev–Trinajstić information content (AvgIpc) is 2.04. The van der Waals surface area contributed by atoms with Crippen LogP contribution in [0.1, 0.15) is 20.7 Å².